The summed E-state index contributed by atoms with van der Waals surface area (Å²) < 4.78 is 13.0. The first-order valence-corrected chi connectivity index (χ1v) is 7.76. The van der Waals surface area contributed by atoms with Gasteiger partial charge in [0, 0.05) is 45.0 Å². The van der Waals surface area contributed by atoms with Gasteiger partial charge in [0.05, 0.1) is 0 Å². The molecule has 2 aromatic rings. The van der Waals surface area contributed by atoms with Crippen molar-refractivity contribution in [3.8, 4) is 0 Å². The fourth-order valence-corrected chi connectivity index (χ4v) is 2.97. The lowest BCUT2D eigenvalue weighted by Crippen LogP contribution is -2.46. The van der Waals surface area contributed by atoms with Crippen LogP contribution in [-0.4, -0.2) is 31.1 Å². The molecular weight excluding hydrogens is 277 g/mol. The van der Waals surface area contributed by atoms with Gasteiger partial charge in [-0.3, -0.25) is 4.90 Å². The fraction of sp³-hybridized carbons (Fsp3) is 0.333. The van der Waals surface area contributed by atoms with Crippen LogP contribution in [0.4, 0.5) is 10.1 Å². The van der Waals surface area contributed by atoms with Gasteiger partial charge < -0.3 is 10.6 Å². The van der Waals surface area contributed by atoms with Crippen LogP contribution in [0.3, 0.4) is 0 Å². The number of benzene rings is 2. The zero-order valence-electron chi connectivity index (χ0n) is 12.7. The van der Waals surface area contributed by atoms with E-state index in [4.69, 9.17) is 5.73 Å². The molecule has 0 unspecified atom stereocenters. The molecule has 1 aliphatic rings. The van der Waals surface area contributed by atoms with Crippen molar-refractivity contribution in [2.24, 2.45) is 5.73 Å². The molecule has 0 amide bonds. The molecule has 2 aromatic carbocycles. The molecule has 116 valence electrons. The highest BCUT2D eigenvalue weighted by atomic mass is 19.1. The summed E-state index contributed by atoms with van der Waals surface area (Å²) in [4.78, 5) is 4.76. The van der Waals surface area contributed by atoms with Crippen LogP contribution in [0, 0.1) is 5.82 Å². The van der Waals surface area contributed by atoms with Crippen LogP contribution >= 0.6 is 0 Å². The first-order chi connectivity index (χ1) is 10.8. The second-order valence-electron chi connectivity index (χ2n) is 5.71. The van der Waals surface area contributed by atoms with Gasteiger partial charge in [0.2, 0.25) is 0 Å². The Hall–Kier alpha value is -1.91. The number of rotatable bonds is 4. The van der Waals surface area contributed by atoms with Crippen molar-refractivity contribution < 1.29 is 4.39 Å². The molecule has 4 heteroatoms. The summed E-state index contributed by atoms with van der Waals surface area (Å²) in [6, 6.07) is 15.1. The minimum absolute atomic E-state index is 0.180. The summed E-state index contributed by atoms with van der Waals surface area (Å²) in [5.41, 5.74) is 9.45. The van der Waals surface area contributed by atoms with Crippen LogP contribution in [0.25, 0.3) is 0 Å². The van der Waals surface area contributed by atoms with Gasteiger partial charge in [-0.1, -0.05) is 24.3 Å². The van der Waals surface area contributed by atoms with Gasteiger partial charge in [-0.25, -0.2) is 4.39 Å². The summed E-state index contributed by atoms with van der Waals surface area (Å²) >= 11 is 0. The summed E-state index contributed by atoms with van der Waals surface area (Å²) in [5, 5.41) is 0. The minimum atomic E-state index is -0.180. The number of hydrogen-bond acceptors (Lipinski definition) is 3. The Balaban J connectivity index is 1.59. The second-order valence-corrected chi connectivity index (χ2v) is 5.71. The predicted octanol–water partition coefficient (Wildman–Crippen LogP) is 2.61. The van der Waals surface area contributed by atoms with Crippen molar-refractivity contribution in [1.29, 1.82) is 0 Å². The van der Waals surface area contributed by atoms with Crippen molar-refractivity contribution >= 4 is 5.69 Å². The number of anilines is 1. The largest absolute Gasteiger partial charge is 0.369 e. The molecule has 1 saturated heterocycles. The van der Waals surface area contributed by atoms with Crippen LogP contribution in [-0.2, 0) is 13.1 Å². The van der Waals surface area contributed by atoms with Crippen LogP contribution in [0.5, 0.6) is 0 Å². The smallest absolute Gasteiger partial charge is 0.123 e. The van der Waals surface area contributed by atoms with Gasteiger partial charge in [-0.05, 0) is 35.4 Å². The van der Waals surface area contributed by atoms with E-state index in [9.17, 15) is 4.39 Å². The Labute approximate surface area is 131 Å². The van der Waals surface area contributed by atoms with Crippen LogP contribution in [0.15, 0.2) is 48.5 Å². The van der Waals surface area contributed by atoms with Crippen molar-refractivity contribution in [2.45, 2.75) is 13.1 Å². The van der Waals surface area contributed by atoms with Crippen molar-refractivity contribution in [1.82, 2.24) is 4.90 Å². The SMILES string of the molecule is NCc1ccccc1CN1CCN(c2ccc(F)cc2)CC1. The van der Waals surface area contributed by atoms with Gasteiger partial charge in [-0.15, -0.1) is 0 Å². The van der Waals surface area contributed by atoms with E-state index in [1.165, 1.54) is 23.3 Å². The highest BCUT2D eigenvalue weighted by Gasteiger charge is 2.18. The van der Waals surface area contributed by atoms with E-state index < -0.39 is 0 Å². The van der Waals surface area contributed by atoms with E-state index in [-0.39, 0.29) is 5.82 Å². The molecule has 0 bridgehead atoms. The Morgan fingerprint density at radius 3 is 2.14 bits per heavy atom. The van der Waals surface area contributed by atoms with Crippen molar-refractivity contribution in [3.63, 3.8) is 0 Å². The Morgan fingerprint density at radius 2 is 1.50 bits per heavy atom. The summed E-state index contributed by atoms with van der Waals surface area (Å²) in [5.74, 6) is -0.180. The first-order valence-electron chi connectivity index (χ1n) is 7.76. The maximum Gasteiger partial charge on any atom is 0.123 e. The number of piperazine rings is 1. The van der Waals surface area contributed by atoms with Gasteiger partial charge in [0.1, 0.15) is 5.82 Å². The molecule has 22 heavy (non-hydrogen) atoms. The molecule has 0 saturated carbocycles. The Kier molecular flexibility index (Phi) is 4.71. The molecule has 0 radical (unpaired) electrons. The maximum absolute atomic E-state index is 13.0. The van der Waals surface area contributed by atoms with Crippen LogP contribution in [0.1, 0.15) is 11.1 Å². The molecule has 0 spiro atoms. The van der Waals surface area contributed by atoms with Crippen LogP contribution in [0.2, 0.25) is 0 Å². The zero-order chi connectivity index (χ0) is 15.4. The molecule has 1 heterocycles. The molecule has 3 rings (SSSR count). The fourth-order valence-electron chi connectivity index (χ4n) is 2.97. The molecule has 2 N–H and O–H groups in total. The second kappa shape index (κ2) is 6.90. The average molecular weight is 299 g/mol. The lowest BCUT2D eigenvalue weighted by Gasteiger charge is -2.36. The van der Waals surface area contributed by atoms with E-state index in [0.29, 0.717) is 6.54 Å². The van der Waals surface area contributed by atoms with Gasteiger partial charge in [-0.2, -0.15) is 0 Å². The third-order valence-electron chi connectivity index (χ3n) is 4.30. The summed E-state index contributed by atoms with van der Waals surface area (Å²) in [6.45, 7) is 5.50. The lowest BCUT2D eigenvalue weighted by molar-refractivity contribution is 0.249. The Morgan fingerprint density at radius 1 is 0.864 bits per heavy atom. The number of halogens is 1. The van der Waals surface area contributed by atoms with E-state index in [0.717, 1.165) is 38.4 Å². The van der Waals surface area contributed by atoms with E-state index in [1.54, 1.807) is 0 Å². The number of nitrogens with zero attached hydrogens (tertiary/aromatic N) is 2. The zero-order valence-corrected chi connectivity index (χ0v) is 12.7. The molecule has 0 aliphatic carbocycles. The number of nitrogens with two attached hydrogens (primary N) is 1. The normalized spacial score (nSPS) is 16.0. The van der Waals surface area contributed by atoms with Crippen molar-refractivity contribution in [2.75, 3.05) is 31.1 Å². The third kappa shape index (κ3) is 3.46. The number of hydrogen-bond donors (Lipinski definition) is 1. The summed E-state index contributed by atoms with van der Waals surface area (Å²) in [6.07, 6.45) is 0. The Bertz CT molecular complexity index is 604. The average Bonchev–Trinajstić information content (AvgIpc) is 2.57. The van der Waals surface area contributed by atoms with E-state index >= 15 is 0 Å². The van der Waals surface area contributed by atoms with Gasteiger partial charge in [0.15, 0.2) is 0 Å². The topological polar surface area (TPSA) is 32.5 Å². The van der Waals surface area contributed by atoms with Crippen LogP contribution < -0.4 is 10.6 Å². The monoisotopic (exact) mass is 299 g/mol. The summed E-state index contributed by atoms with van der Waals surface area (Å²) in [7, 11) is 0. The molecular formula is C18H22FN3. The van der Waals surface area contributed by atoms with Gasteiger partial charge in [0.25, 0.3) is 0 Å². The first kappa shape index (κ1) is 15.0. The highest BCUT2D eigenvalue weighted by Crippen LogP contribution is 2.18. The molecule has 0 aromatic heterocycles. The highest BCUT2D eigenvalue weighted by molar-refractivity contribution is 5.46. The van der Waals surface area contributed by atoms with E-state index in [1.807, 2.05) is 18.2 Å². The van der Waals surface area contributed by atoms with Crippen molar-refractivity contribution in [3.05, 3.63) is 65.5 Å². The molecule has 1 aliphatic heterocycles. The van der Waals surface area contributed by atoms with Gasteiger partial charge >= 0.3 is 0 Å². The maximum atomic E-state index is 13.0. The third-order valence-corrected chi connectivity index (χ3v) is 4.30. The van der Waals surface area contributed by atoms with E-state index in [2.05, 4.69) is 28.0 Å². The molecule has 1 fully saturated rings. The molecule has 0 atom stereocenters. The molecule has 3 nitrogen and oxygen atoms in total. The minimum Gasteiger partial charge on any atom is -0.369 e. The standard InChI is InChI=1S/C18H22FN3/c19-17-5-7-18(8-6-17)22-11-9-21(10-12-22)14-16-4-2-1-3-15(16)13-20/h1-8H,9-14,20H2. The quantitative estimate of drug-likeness (QED) is 0.942. The lowest BCUT2D eigenvalue weighted by atomic mass is 10.1. The predicted molar refractivity (Wildman–Crippen MR) is 88.2 cm³/mol.